The van der Waals surface area contributed by atoms with Gasteiger partial charge in [0.05, 0.1) is 5.69 Å². The highest BCUT2D eigenvalue weighted by molar-refractivity contribution is 7.91. The second-order valence-electron chi connectivity index (χ2n) is 3.48. The van der Waals surface area contributed by atoms with Crippen molar-refractivity contribution in [1.82, 2.24) is 4.72 Å². The van der Waals surface area contributed by atoms with E-state index in [0.717, 1.165) is 12.1 Å². The number of nitrogens with zero attached hydrogens (tertiary/aromatic N) is 1. The molecule has 1 unspecified atom stereocenters. The number of carboxylic acid groups (broad SMARTS) is 1. The third kappa shape index (κ3) is 2.08. The standard InChI is InChI=1S/C9H9FN2O4S/c10-6-2-1-3-7(4-6)12-8(9(13)14)5-11-17(12,15)16/h1-4,8,11H,5H2,(H,13,14). The Bertz CT molecular complexity index is 560. The topological polar surface area (TPSA) is 86.7 Å². The first-order valence-electron chi connectivity index (χ1n) is 4.69. The Labute approximate surface area is 96.8 Å². The largest absolute Gasteiger partial charge is 0.480 e. The third-order valence-corrected chi connectivity index (χ3v) is 3.86. The number of nitrogens with one attached hydrogen (secondary N) is 1. The molecule has 1 aliphatic heterocycles. The molecule has 0 amide bonds. The first-order valence-corrected chi connectivity index (χ1v) is 6.13. The molecule has 92 valence electrons. The van der Waals surface area contributed by atoms with Gasteiger partial charge >= 0.3 is 16.2 Å². The van der Waals surface area contributed by atoms with E-state index in [4.69, 9.17) is 5.11 Å². The summed E-state index contributed by atoms with van der Waals surface area (Å²) in [7, 11) is -3.92. The number of carboxylic acids is 1. The van der Waals surface area contributed by atoms with E-state index >= 15 is 0 Å². The molecule has 0 saturated carbocycles. The van der Waals surface area contributed by atoms with Crippen LogP contribution < -0.4 is 9.03 Å². The molecule has 17 heavy (non-hydrogen) atoms. The first-order chi connectivity index (χ1) is 7.92. The van der Waals surface area contributed by atoms with Crippen molar-refractivity contribution in [2.45, 2.75) is 6.04 Å². The van der Waals surface area contributed by atoms with Gasteiger partial charge in [0.15, 0.2) is 6.04 Å². The van der Waals surface area contributed by atoms with Crippen molar-refractivity contribution in [1.29, 1.82) is 0 Å². The number of benzene rings is 1. The summed E-state index contributed by atoms with van der Waals surface area (Å²) >= 11 is 0. The Morgan fingerprint density at radius 2 is 2.24 bits per heavy atom. The number of aliphatic carboxylic acids is 1. The second kappa shape index (κ2) is 3.97. The fourth-order valence-electron chi connectivity index (χ4n) is 1.62. The van der Waals surface area contributed by atoms with Gasteiger partial charge in [-0.05, 0) is 18.2 Å². The maximum atomic E-state index is 13.0. The summed E-state index contributed by atoms with van der Waals surface area (Å²) in [5, 5.41) is 8.91. The summed E-state index contributed by atoms with van der Waals surface area (Å²) in [5.41, 5.74) is -0.0117. The maximum Gasteiger partial charge on any atom is 0.328 e. The van der Waals surface area contributed by atoms with E-state index < -0.39 is 28.0 Å². The fraction of sp³-hybridized carbons (Fsp3) is 0.222. The number of carbonyl (C=O) groups is 1. The number of halogens is 1. The van der Waals surface area contributed by atoms with Crippen LogP contribution in [0.4, 0.5) is 10.1 Å². The first kappa shape index (κ1) is 11.8. The second-order valence-corrected chi connectivity index (χ2v) is 5.12. The molecule has 0 bridgehead atoms. The van der Waals surface area contributed by atoms with Gasteiger partial charge in [-0.3, -0.25) is 0 Å². The van der Waals surface area contributed by atoms with Crippen LogP contribution in [0, 0.1) is 5.82 Å². The molecule has 0 aliphatic carbocycles. The summed E-state index contributed by atoms with van der Waals surface area (Å²) in [6.07, 6.45) is 0. The monoisotopic (exact) mass is 260 g/mol. The normalized spacial score (nSPS) is 22.6. The van der Waals surface area contributed by atoms with Gasteiger partial charge in [-0.1, -0.05) is 6.07 Å². The molecule has 8 heteroatoms. The van der Waals surface area contributed by atoms with Crippen molar-refractivity contribution in [3.05, 3.63) is 30.1 Å². The van der Waals surface area contributed by atoms with Crippen LogP contribution in [0.25, 0.3) is 0 Å². The van der Waals surface area contributed by atoms with Crippen LogP contribution >= 0.6 is 0 Å². The molecule has 6 nitrogen and oxygen atoms in total. The van der Waals surface area contributed by atoms with Crippen LogP contribution in [0.3, 0.4) is 0 Å². The predicted molar refractivity (Wildman–Crippen MR) is 57.2 cm³/mol. The zero-order valence-electron chi connectivity index (χ0n) is 8.50. The minimum atomic E-state index is -3.92. The van der Waals surface area contributed by atoms with Crippen LogP contribution in [0.1, 0.15) is 0 Å². The smallest absolute Gasteiger partial charge is 0.328 e. The van der Waals surface area contributed by atoms with Crippen LogP contribution in [-0.2, 0) is 15.0 Å². The number of anilines is 1. The van der Waals surface area contributed by atoms with E-state index in [0.29, 0.717) is 4.31 Å². The molecule has 1 fully saturated rings. The quantitative estimate of drug-likeness (QED) is 0.779. The van der Waals surface area contributed by atoms with Crippen molar-refractivity contribution in [3.63, 3.8) is 0 Å². The lowest BCUT2D eigenvalue weighted by molar-refractivity contribution is -0.137. The van der Waals surface area contributed by atoms with E-state index in [2.05, 4.69) is 4.72 Å². The summed E-state index contributed by atoms with van der Waals surface area (Å²) in [6, 6.07) is 3.51. The van der Waals surface area contributed by atoms with Crippen molar-refractivity contribution >= 4 is 21.9 Å². The molecule has 1 aliphatic rings. The Kier molecular flexibility index (Phi) is 2.76. The van der Waals surface area contributed by atoms with Crippen LogP contribution in [0.2, 0.25) is 0 Å². The summed E-state index contributed by atoms with van der Waals surface area (Å²) in [4.78, 5) is 10.9. The fourth-order valence-corrected chi connectivity index (χ4v) is 3.02. The Hall–Kier alpha value is -1.67. The van der Waals surface area contributed by atoms with Crippen molar-refractivity contribution in [2.24, 2.45) is 0 Å². The molecule has 2 rings (SSSR count). The SMILES string of the molecule is O=C(O)C1CNS(=O)(=O)N1c1cccc(F)c1. The molecule has 0 radical (unpaired) electrons. The van der Waals surface area contributed by atoms with Crippen LogP contribution in [0.15, 0.2) is 24.3 Å². The third-order valence-electron chi connectivity index (χ3n) is 2.35. The molecule has 0 spiro atoms. The summed E-state index contributed by atoms with van der Waals surface area (Å²) in [6.45, 7) is -0.242. The molecule has 1 saturated heterocycles. The van der Waals surface area contributed by atoms with Gasteiger partial charge in [0.25, 0.3) is 0 Å². The summed E-state index contributed by atoms with van der Waals surface area (Å²) in [5.74, 6) is -1.92. The predicted octanol–water partition coefficient (Wildman–Crippen LogP) is -0.0667. The van der Waals surface area contributed by atoms with E-state index in [9.17, 15) is 17.6 Å². The highest BCUT2D eigenvalue weighted by atomic mass is 32.2. The lowest BCUT2D eigenvalue weighted by Crippen LogP contribution is -2.40. The van der Waals surface area contributed by atoms with Crippen LogP contribution in [-0.4, -0.2) is 32.1 Å². The number of hydrogen-bond acceptors (Lipinski definition) is 3. The van der Waals surface area contributed by atoms with Gasteiger partial charge in [-0.15, -0.1) is 0 Å². The average Bonchev–Trinajstić information content (AvgIpc) is 2.54. The lowest BCUT2D eigenvalue weighted by Gasteiger charge is -2.20. The van der Waals surface area contributed by atoms with Gasteiger partial charge < -0.3 is 5.11 Å². The number of rotatable bonds is 2. The molecular formula is C9H9FN2O4S. The zero-order chi connectivity index (χ0) is 12.6. The molecule has 1 aromatic carbocycles. The highest BCUT2D eigenvalue weighted by Crippen LogP contribution is 2.24. The molecule has 1 aromatic rings. The van der Waals surface area contributed by atoms with Crippen molar-refractivity contribution < 1.29 is 22.7 Å². The van der Waals surface area contributed by atoms with E-state index in [1.165, 1.54) is 12.1 Å². The molecule has 0 aromatic heterocycles. The van der Waals surface area contributed by atoms with E-state index in [1.54, 1.807) is 0 Å². The Morgan fingerprint density at radius 1 is 1.53 bits per heavy atom. The van der Waals surface area contributed by atoms with E-state index in [-0.39, 0.29) is 12.2 Å². The van der Waals surface area contributed by atoms with Gasteiger partial charge in [0, 0.05) is 6.54 Å². The molecule has 1 heterocycles. The van der Waals surface area contributed by atoms with Crippen molar-refractivity contribution in [2.75, 3.05) is 10.8 Å². The minimum Gasteiger partial charge on any atom is -0.480 e. The highest BCUT2D eigenvalue weighted by Gasteiger charge is 2.41. The molecule has 2 N–H and O–H groups in total. The lowest BCUT2D eigenvalue weighted by atomic mass is 10.2. The Morgan fingerprint density at radius 3 is 2.82 bits per heavy atom. The maximum absolute atomic E-state index is 13.0. The van der Waals surface area contributed by atoms with Crippen molar-refractivity contribution in [3.8, 4) is 0 Å². The zero-order valence-corrected chi connectivity index (χ0v) is 9.32. The van der Waals surface area contributed by atoms with Gasteiger partial charge in [0.1, 0.15) is 5.82 Å². The van der Waals surface area contributed by atoms with Gasteiger partial charge in [-0.2, -0.15) is 13.1 Å². The number of hydrogen-bond donors (Lipinski definition) is 2. The Balaban J connectivity index is 2.49. The average molecular weight is 260 g/mol. The van der Waals surface area contributed by atoms with Gasteiger partial charge in [0.2, 0.25) is 0 Å². The molecule has 1 atom stereocenters. The van der Waals surface area contributed by atoms with E-state index in [1.807, 2.05) is 0 Å². The summed E-state index contributed by atoms with van der Waals surface area (Å²) < 4.78 is 39.0. The van der Waals surface area contributed by atoms with Crippen LogP contribution in [0.5, 0.6) is 0 Å². The minimum absolute atomic E-state index is 0.0117. The molecular weight excluding hydrogens is 251 g/mol. The van der Waals surface area contributed by atoms with Gasteiger partial charge in [-0.25, -0.2) is 13.5 Å².